The Bertz CT molecular complexity index is 654. The van der Waals surface area contributed by atoms with Crippen molar-refractivity contribution in [3.05, 3.63) is 47.3 Å². The van der Waals surface area contributed by atoms with Crippen molar-refractivity contribution in [1.82, 2.24) is 4.57 Å². The number of aryl methyl sites for hydroxylation is 1. The quantitative estimate of drug-likeness (QED) is 0.758. The number of carbonyl (C=O) groups excluding carboxylic acids is 1. The zero-order valence-electron chi connectivity index (χ0n) is 13.8. The molecule has 0 saturated heterocycles. The first-order chi connectivity index (χ1) is 10.4. The van der Waals surface area contributed by atoms with Crippen LogP contribution in [0.5, 0.6) is 11.5 Å². The number of ketones is 1. The van der Waals surface area contributed by atoms with Gasteiger partial charge in [-0.3, -0.25) is 4.79 Å². The minimum Gasteiger partial charge on any atom is -0.497 e. The summed E-state index contributed by atoms with van der Waals surface area (Å²) in [6.45, 7) is 8.26. The molecule has 1 aromatic carbocycles. The highest BCUT2D eigenvalue weighted by atomic mass is 16.5. The Morgan fingerprint density at radius 2 is 1.73 bits per heavy atom. The van der Waals surface area contributed by atoms with E-state index in [1.807, 2.05) is 32.0 Å². The van der Waals surface area contributed by atoms with Crippen molar-refractivity contribution < 1.29 is 14.3 Å². The maximum absolute atomic E-state index is 12.4. The summed E-state index contributed by atoms with van der Waals surface area (Å²) in [6, 6.07) is 9.49. The van der Waals surface area contributed by atoms with Crippen molar-refractivity contribution in [2.24, 2.45) is 0 Å². The van der Waals surface area contributed by atoms with Crippen LogP contribution >= 0.6 is 0 Å². The van der Waals surface area contributed by atoms with Crippen molar-refractivity contribution in [3.63, 3.8) is 0 Å². The molecule has 0 amide bonds. The van der Waals surface area contributed by atoms with E-state index in [1.54, 1.807) is 19.2 Å². The topological polar surface area (TPSA) is 40.5 Å². The van der Waals surface area contributed by atoms with Crippen molar-refractivity contribution in [3.8, 4) is 11.5 Å². The Balaban J connectivity index is 2.07. The van der Waals surface area contributed by atoms with Gasteiger partial charge in [-0.15, -0.1) is 0 Å². The number of Topliss-reactive ketones (excluding diaryl/α,β-unsaturated/α-hetero) is 1. The minimum absolute atomic E-state index is 0.00387. The summed E-state index contributed by atoms with van der Waals surface area (Å²) in [5, 5.41) is 0. The second kappa shape index (κ2) is 6.69. The maximum atomic E-state index is 12.4. The molecule has 1 heterocycles. The number of hydrogen-bond acceptors (Lipinski definition) is 3. The van der Waals surface area contributed by atoms with Gasteiger partial charge in [0.25, 0.3) is 0 Å². The van der Waals surface area contributed by atoms with Crippen molar-refractivity contribution >= 4 is 5.78 Å². The average molecular weight is 301 g/mol. The normalized spacial score (nSPS) is 10.8. The van der Waals surface area contributed by atoms with Crippen LogP contribution in [0.2, 0.25) is 0 Å². The van der Waals surface area contributed by atoms with Gasteiger partial charge in [0.2, 0.25) is 5.78 Å². The van der Waals surface area contributed by atoms with Gasteiger partial charge in [-0.2, -0.15) is 0 Å². The molecule has 0 fully saturated rings. The summed E-state index contributed by atoms with van der Waals surface area (Å²) >= 11 is 0. The maximum Gasteiger partial charge on any atom is 0.202 e. The van der Waals surface area contributed by atoms with Gasteiger partial charge in [-0.25, -0.2) is 0 Å². The van der Waals surface area contributed by atoms with Gasteiger partial charge in [0.05, 0.1) is 7.11 Å². The SMILES string of the molecule is COc1ccc(OCC(=O)c2cc(C)n(C(C)C)c2C)cc1. The summed E-state index contributed by atoms with van der Waals surface area (Å²) in [7, 11) is 1.61. The lowest BCUT2D eigenvalue weighted by Crippen LogP contribution is -2.13. The van der Waals surface area contributed by atoms with Crippen LogP contribution in [0.15, 0.2) is 30.3 Å². The second-order valence-electron chi connectivity index (χ2n) is 5.64. The van der Waals surface area contributed by atoms with Crippen LogP contribution in [0.1, 0.15) is 41.6 Å². The lowest BCUT2D eigenvalue weighted by atomic mass is 10.1. The largest absolute Gasteiger partial charge is 0.497 e. The fourth-order valence-corrected chi connectivity index (χ4v) is 2.75. The van der Waals surface area contributed by atoms with Gasteiger partial charge in [0.15, 0.2) is 6.61 Å². The molecule has 0 unspecified atom stereocenters. The monoisotopic (exact) mass is 301 g/mol. The van der Waals surface area contributed by atoms with Crippen LogP contribution < -0.4 is 9.47 Å². The molecule has 2 rings (SSSR count). The van der Waals surface area contributed by atoms with Gasteiger partial charge >= 0.3 is 0 Å². The fraction of sp³-hybridized carbons (Fsp3) is 0.389. The third-order valence-corrected chi connectivity index (χ3v) is 3.73. The van der Waals surface area contributed by atoms with E-state index in [4.69, 9.17) is 9.47 Å². The zero-order chi connectivity index (χ0) is 16.3. The Labute approximate surface area is 131 Å². The van der Waals surface area contributed by atoms with Crippen LogP contribution in [0, 0.1) is 13.8 Å². The third kappa shape index (κ3) is 3.32. The first-order valence-corrected chi connectivity index (χ1v) is 7.42. The van der Waals surface area contributed by atoms with E-state index in [0.717, 1.165) is 22.7 Å². The van der Waals surface area contributed by atoms with Crippen LogP contribution in [-0.2, 0) is 0 Å². The minimum atomic E-state index is -0.00387. The molecule has 0 saturated carbocycles. The molecule has 4 nitrogen and oxygen atoms in total. The molecule has 2 aromatic rings. The molecule has 0 bridgehead atoms. The summed E-state index contributed by atoms with van der Waals surface area (Å²) in [5.74, 6) is 1.42. The molecule has 118 valence electrons. The summed E-state index contributed by atoms with van der Waals surface area (Å²) in [5.41, 5.74) is 2.83. The third-order valence-electron chi connectivity index (χ3n) is 3.73. The lowest BCUT2D eigenvalue weighted by Gasteiger charge is -2.13. The lowest BCUT2D eigenvalue weighted by molar-refractivity contribution is 0.0920. The molecule has 4 heteroatoms. The average Bonchev–Trinajstić information content (AvgIpc) is 2.80. The molecule has 0 radical (unpaired) electrons. The van der Waals surface area contributed by atoms with E-state index in [1.165, 1.54) is 0 Å². The van der Waals surface area contributed by atoms with E-state index in [0.29, 0.717) is 11.8 Å². The predicted molar refractivity (Wildman–Crippen MR) is 87.1 cm³/mol. The van der Waals surface area contributed by atoms with E-state index in [2.05, 4.69) is 18.4 Å². The molecule has 0 atom stereocenters. The molecular weight excluding hydrogens is 278 g/mol. The highest BCUT2D eigenvalue weighted by molar-refractivity contribution is 5.98. The van der Waals surface area contributed by atoms with E-state index >= 15 is 0 Å². The second-order valence-corrected chi connectivity index (χ2v) is 5.64. The molecule has 22 heavy (non-hydrogen) atoms. The molecule has 0 N–H and O–H groups in total. The van der Waals surface area contributed by atoms with Gasteiger partial charge in [-0.1, -0.05) is 0 Å². The van der Waals surface area contributed by atoms with Crippen molar-refractivity contribution in [1.29, 1.82) is 0 Å². The van der Waals surface area contributed by atoms with Gasteiger partial charge < -0.3 is 14.0 Å². The summed E-state index contributed by atoms with van der Waals surface area (Å²) < 4.78 is 12.8. The highest BCUT2D eigenvalue weighted by Gasteiger charge is 2.17. The fourth-order valence-electron chi connectivity index (χ4n) is 2.75. The molecule has 0 aliphatic carbocycles. The molecule has 1 aromatic heterocycles. The number of benzene rings is 1. The summed E-state index contributed by atoms with van der Waals surface area (Å²) in [4.78, 5) is 12.4. The molecular formula is C18H23NO3. The summed E-state index contributed by atoms with van der Waals surface area (Å²) in [6.07, 6.45) is 0. The number of aromatic nitrogens is 1. The first-order valence-electron chi connectivity index (χ1n) is 7.42. The Hall–Kier alpha value is -2.23. The number of methoxy groups -OCH3 is 1. The predicted octanol–water partition coefficient (Wildman–Crippen LogP) is 3.96. The standard InChI is InChI=1S/C18H23NO3/c1-12(2)19-13(3)10-17(14(19)4)18(20)11-22-16-8-6-15(21-5)7-9-16/h6-10,12H,11H2,1-5H3. The van der Waals surface area contributed by atoms with Gasteiger partial charge in [-0.05, 0) is 58.0 Å². The van der Waals surface area contributed by atoms with Gasteiger partial charge in [0.1, 0.15) is 11.5 Å². The van der Waals surface area contributed by atoms with Crippen molar-refractivity contribution in [2.45, 2.75) is 33.7 Å². The zero-order valence-corrected chi connectivity index (χ0v) is 13.8. The number of carbonyl (C=O) groups is 1. The highest BCUT2D eigenvalue weighted by Crippen LogP contribution is 2.21. The Morgan fingerprint density at radius 1 is 1.14 bits per heavy atom. The molecule has 0 spiro atoms. The molecule has 0 aliphatic heterocycles. The van der Waals surface area contributed by atoms with Crippen LogP contribution in [0.3, 0.4) is 0 Å². The van der Waals surface area contributed by atoms with E-state index in [-0.39, 0.29) is 12.4 Å². The first kappa shape index (κ1) is 16.1. The Kier molecular flexibility index (Phi) is 4.91. The van der Waals surface area contributed by atoms with E-state index < -0.39 is 0 Å². The van der Waals surface area contributed by atoms with Gasteiger partial charge in [0, 0.05) is 23.0 Å². The molecule has 0 aliphatic rings. The van der Waals surface area contributed by atoms with Crippen molar-refractivity contribution in [2.75, 3.05) is 13.7 Å². The number of hydrogen-bond donors (Lipinski definition) is 0. The smallest absolute Gasteiger partial charge is 0.202 e. The van der Waals surface area contributed by atoms with Crippen LogP contribution in [0.25, 0.3) is 0 Å². The van der Waals surface area contributed by atoms with Crippen LogP contribution in [0.4, 0.5) is 0 Å². The number of rotatable bonds is 6. The number of ether oxygens (including phenoxy) is 2. The van der Waals surface area contributed by atoms with Crippen LogP contribution in [-0.4, -0.2) is 24.1 Å². The van der Waals surface area contributed by atoms with E-state index in [9.17, 15) is 4.79 Å². The number of nitrogens with zero attached hydrogens (tertiary/aromatic N) is 1. The Morgan fingerprint density at radius 3 is 2.23 bits per heavy atom.